The molecule has 0 saturated heterocycles. The van der Waals surface area contributed by atoms with Gasteiger partial charge in [-0.05, 0) is 18.4 Å². The summed E-state index contributed by atoms with van der Waals surface area (Å²) in [7, 11) is 0. The van der Waals surface area contributed by atoms with Crippen LogP contribution in [0.5, 0.6) is 0 Å². The highest BCUT2D eigenvalue weighted by molar-refractivity contribution is 8.14. The molecule has 1 N–H and O–H groups in total. The van der Waals surface area contributed by atoms with E-state index in [1.165, 1.54) is 11.8 Å². The van der Waals surface area contributed by atoms with E-state index < -0.39 is 6.09 Å². The summed E-state index contributed by atoms with van der Waals surface area (Å²) in [6, 6.07) is 9.62. The van der Waals surface area contributed by atoms with Gasteiger partial charge in [-0.3, -0.25) is 4.79 Å². The van der Waals surface area contributed by atoms with Gasteiger partial charge in [-0.1, -0.05) is 54.9 Å². The first-order valence-corrected chi connectivity index (χ1v) is 8.17. The molecule has 1 amide bonds. The second-order valence-electron chi connectivity index (χ2n) is 5.24. The number of rotatable bonds is 4. The molecule has 0 unspecified atom stereocenters. The fourth-order valence-electron chi connectivity index (χ4n) is 2.53. The van der Waals surface area contributed by atoms with E-state index in [9.17, 15) is 9.59 Å². The molecule has 1 aliphatic rings. The molecule has 2 atom stereocenters. The minimum Gasteiger partial charge on any atom is -0.445 e. The van der Waals surface area contributed by atoms with Gasteiger partial charge in [0.05, 0.1) is 0 Å². The summed E-state index contributed by atoms with van der Waals surface area (Å²) in [4.78, 5) is 23.2. The highest BCUT2D eigenvalue weighted by atomic mass is 32.2. The average Bonchev–Trinajstić information content (AvgIpc) is 2.48. The van der Waals surface area contributed by atoms with Gasteiger partial charge in [0, 0.05) is 18.2 Å². The maximum atomic E-state index is 11.9. The lowest BCUT2D eigenvalue weighted by Crippen LogP contribution is -2.44. The third-order valence-electron chi connectivity index (χ3n) is 3.54. The molecule has 4 nitrogen and oxygen atoms in total. The van der Waals surface area contributed by atoms with Crippen molar-refractivity contribution in [2.75, 3.05) is 0 Å². The van der Waals surface area contributed by atoms with Crippen LogP contribution in [0.3, 0.4) is 0 Å². The smallest absolute Gasteiger partial charge is 0.407 e. The summed E-state index contributed by atoms with van der Waals surface area (Å²) in [6.07, 6.45) is 3.67. The first-order valence-electron chi connectivity index (χ1n) is 7.29. The van der Waals surface area contributed by atoms with E-state index in [2.05, 4.69) is 5.32 Å². The zero-order valence-electron chi connectivity index (χ0n) is 12.2. The number of carbonyl (C=O) groups is 2. The normalized spacial score (nSPS) is 21.6. The third kappa shape index (κ3) is 5.42. The average molecular weight is 307 g/mol. The van der Waals surface area contributed by atoms with Crippen LogP contribution in [0.4, 0.5) is 4.79 Å². The number of hydrogen-bond donors (Lipinski definition) is 1. The van der Waals surface area contributed by atoms with E-state index in [1.54, 1.807) is 6.92 Å². The highest BCUT2D eigenvalue weighted by Gasteiger charge is 2.28. The number of ether oxygens (including phenoxy) is 1. The van der Waals surface area contributed by atoms with Gasteiger partial charge in [-0.15, -0.1) is 0 Å². The van der Waals surface area contributed by atoms with Crippen molar-refractivity contribution in [3.63, 3.8) is 0 Å². The Hall–Kier alpha value is -1.49. The maximum absolute atomic E-state index is 11.9. The van der Waals surface area contributed by atoms with Crippen molar-refractivity contribution >= 4 is 23.0 Å². The lowest BCUT2D eigenvalue weighted by atomic mass is 9.95. The van der Waals surface area contributed by atoms with Gasteiger partial charge in [-0.25, -0.2) is 4.79 Å². The molecule has 1 saturated carbocycles. The van der Waals surface area contributed by atoms with Crippen LogP contribution in [0.1, 0.15) is 38.2 Å². The van der Waals surface area contributed by atoms with Crippen molar-refractivity contribution < 1.29 is 14.3 Å². The van der Waals surface area contributed by atoms with E-state index in [4.69, 9.17) is 4.74 Å². The number of amides is 1. The Bertz CT molecular complexity index is 478. The van der Waals surface area contributed by atoms with Crippen LogP contribution in [-0.2, 0) is 16.1 Å². The summed E-state index contributed by atoms with van der Waals surface area (Å²) in [6.45, 7) is 1.84. The molecule has 21 heavy (non-hydrogen) atoms. The fourth-order valence-corrected chi connectivity index (χ4v) is 3.61. The minimum atomic E-state index is -0.403. The number of nitrogens with one attached hydrogen (secondary N) is 1. The van der Waals surface area contributed by atoms with E-state index in [0.29, 0.717) is 0 Å². The van der Waals surface area contributed by atoms with Gasteiger partial charge >= 0.3 is 6.09 Å². The predicted molar refractivity (Wildman–Crippen MR) is 84.1 cm³/mol. The van der Waals surface area contributed by atoms with E-state index in [1.807, 2.05) is 30.3 Å². The molecule has 0 spiro atoms. The van der Waals surface area contributed by atoms with Gasteiger partial charge in [0.2, 0.25) is 0 Å². The van der Waals surface area contributed by atoms with Crippen LogP contribution in [-0.4, -0.2) is 22.5 Å². The lowest BCUT2D eigenvalue weighted by Gasteiger charge is -2.30. The second-order valence-corrected chi connectivity index (χ2v) is 6.66. The van der Waals surface area contributed by atoms with Gasteiger partial charge in [0.15, 0.2) is 5.12 Å². The van der Waals surface area contributed by atoms with Gasteiger partial charge in [-0.2, -0.15) is 0 Å². The molecule has 0 heterocycles. The standard InChI is InChI=1S/C16H21NO3S/c1-12(18)21-15-10-6-5-9-14(15)17-16(19)20-11-13-7-3-2-4-8-13/h2-4,7-8,14-15H,5-6,9-11H2,1H3,(H,17,19)/t14-,15+/m0/s1. The second kappa shape index (κ2) is 8.08. The Kier molecular flexibility index (Phi) is 6.11. The molecule has 0 aromatic heterocycles. The Balaban J connectivity index is 1.81. The monoisotopic (exact) mass is 307 g/mol. The van der Waals surface area contributed by atoms with Crippen LogP contribution < -0.4 is 5.32 Å². The Morgan fingerprint density at radius 3 is 2.67 bits per heavy atom. The van der Waals surface area contributed by atoms with E-state index >= 15 is 0 Å². The zero-order chi connectivity index (χ0) is 15.1. The molecule has 2 rings (SSSR count). The van der Waals surface area contributed by atoms with Crippen molar-refractivity contribution in [3.8, 4) is 0 Å². The van der Waals surface area contributed by atoms with Crippen molar-refractivity contribution in [2.24, 2.45) is 0 Å². The number of hydrogen-bond acceptors (Lipinski definition) is 4. The molecule has 5 heteroatoms. The first kappa shape index (κ1) is 15.9. The van der Waals surface area contributed by atoms with Crippen LogP contribution in [0.25, 0.3) is 0 Å². The van der Waals surface area contributed by atoms with Crippen molar-refractivity contribution in [1.29, 1.82) is 0 Å². The third-order valence-corrected chi connectivity index (χ3v) is 4.73. The fraction of sp³-hybridized carbons (Fsp3) is 0.500. The Morgan fingerprint density at radius 1 is 1.24 bits per heavy atom. The molecular weight excluding hydrogens is 286 g/mol. The number of benzene rings is 1. The molecule has 1 aromatic carbocycles. The van der Waals surface area contributed by atoms with Crippen molar-refractivity contribution in [1.82, 2.24) is 5.32 Å². The Morgan fingerprint density at radius 2 is 1.95 bits per heavy atom. The van der Waals surface area contributed by atoms with Crippen LogP contribution in [0.15, 0.2) is 30.3 Å². The lowest BCUT2D eigenvalue weighted by molar-refractivity contribution is -0.109. The topological polar surface area (TPSA) is 55.4 Å². The number of thioether (sulfide) groups is 1. The largest absolute Gasteiger partial charge is 0.445 e. The summed E-state index contributed by atoms with van der Waals surface area (Å²) < 4.78 is 5.24. The summed E-state index contributed by atoms with van der Waals surface area (Å²) >= 11 is 1.33. The van der Waals surface area contributed by atoms with Gasteiger partial charge < -0.3 is 10.1 Å². The molecular formula is C16H21NO3S. The van der Waals surface area contributed by atoms with Gasteiger partial charge in [0.1, 0.15) is 6.61 Å². The van der Waals surface area contributed by atoms with E-state index in [-0.39, 0.29) is 23.0 Å². The molecule has 0 radical (unpaired) electrons. The maximum Gasteiger partial charge on any atom is 0.407 e. The minimum absolute atomic E-state index is 0.0240. The van der Waals surface area contributed by atoms with Gasteiger partial charge in [0.25, 0.3) is 0 Å². The van der Waals surface area contributed by atoms with E-state index in [0.717, 1.165) is 31.2 Å². The number of alkyl carbamates (subject to hydrolysis) is 1. The molecule has 114 valence electrons. The van der Waals surface area contributed by atoms with Crippen molar-refractivity contribution in [3.05, 3.63) is 35.9 Å². The zero-order valence-corrected chi connectivity index (χ0v) is 13.0. The molecule has 1 fully saturated rings. The highest BCUT2D eigenvalue weighted by Crippen LogP contribution is 2.29. The summed E-state index contributed by atoms with van der Waals surface area (Å²) in [5, 5.41) is 3.18. The molecule has 0 bridgehead atoms. The Labute approximate surface area is 129 Å². The van der Waals surface area contributed by atoms with Crippen LogP contribution >= 0.6 is 11.8 Å². The molecule has 1 aliphatic carbocycles. The summed E-state index contributed by atoms with van der Waals surface area (Å²) in [5.41, 5.74) is 0.964. The van der Waals surface area contributed by atoms with Crippen LogP contribution in [0.2, 0.25) is 0 Å². The predicted octanol–water partition coefficient (Wildman–Crippen LogP) is 3.50. The molecule has 0 aliphatic heterocycles. The quantitative estimate of drug-likeness (QED) is 0.925. The van der Waals surface area contributed by atoms with Crippen molar-refractivity contribution in [2.45, 2.75) is 50.5 Å². The SMILES string of the molecule is CC(=O)S[C@@H]1CCCC[C@@H]1NC(=O)OCc1ccccc1. The summed E-state index contributed by atoms with van der Waals surface area (Å²) in [5.74, 6) is 0. The number of carbonyl (C=O) groups excluding carboxylic acids is 2. The molecule has 1 aromatic rings. The van der Waals surface area contributed by atoms with Crippen LogP contribution in [0, 0.1) is 0 Å². The first-order chi connectivity index (χ1) is 10.1.